The number of hydrogen-bond donors (Lipinski definition) is 1. The summed E-state index contributed by atoms with van der Waals surface area (Å²) in [6.07, 6.45) is 3.91. The van der Waals surface area contributed by atoms with Crippen LogP contribution in [0.4, 0.5) is 0 Å². The Morgan fingerprint density at radius 2 is 1.42 bits per heavy atom. The summed E-state index contributed by atoms with van der Waals surface area (Å²) in [5, 5.41) is 8.80. The number of methoxy groups -OCH3 is 1. The molecule has 19 heavy (non-hydrogen) atoms. The number of carbonyl (C=O) groups is 1. The van der Waals surface area contributed by atoms with Crippen molar-refractivity contribution < 1.29 is 14.6 Å². The number of hydrogen-bond acceptors (Lipinski definition) is 2. The molecule has 0 aromatic heterocycles. The number of benzene rings is 2. The SMILES string of the molecule is COc1ccc(C=Cc2ccc(C(=O)O)cc2)cc1. The van der Waals surface area contributed by atoms with E-state index in [4.69, 9.17) is 9.84 Å². The molecule has 3 nitrogen and oxygen atoms in total. The number of carboxylic acids is 1. The highest BCUT2D eigenvalue weighted by Crippen LogP contribution is 2.14. The lowest BCUT2D eigenvalue weighted by Gasteiger charge is -1.99. The van der Waals surface area contributed by atoms with Gasteiger partial charge in [0.15, 0.2) is 0 Å². The molecule has 0 spiro atoms. The fraction of sp³-hybridized carbons (Fsp3) is 0.0625. The molecule has 2 aromatic carbocycles. The van der Waals surface area contributed by atoms with Gasteiger partial charge in [0.05, 0.1) is 12.7 Å². The fourth-order valence-electron chi connectivity index (χ4n) is 1.64. The molecule has 0 saturated carbocycles. The average molecular weight is 254 g/mol. The van der Waals surface area contributed by atoms with Crippen molar-refractivity contribution >= 4 is 18.1 Å². The monoisotopic (exact) mass is 254 g/mol. The van der Waals surface area contributed by atoms with Crippen LogP contribution in [0.5, 0.6) is 5.75 Å². The maximum absolute atomic E-state index is 10.7. The molecule has 0 fully saturated rings. The van der Waals surface area contributed by atoms with E-state index in [-0.39, 0.29) is 0 Å². The van der Waals surface area contributed by atoms with Crippen LogP contribution in [0.2, 0.25) is 0 Å². The van der Waals surface area contributed by atoms with Gasteiger partial charge in [-0.05, 0) is 35.4 Å². The summed E-state index contributed by atoms with van der Waals surface area (Å²) >= 11 is 0. The molecule has 0 saturated heterocycles. The van der Waals surface area contributed by atoms with Gasteiger partial charge >= 0.3 is 5.97 Å². The van der Waals surface area contributed by atoms with Gasteiger partial charge in [-0.2, -0.15) is 0 Å². The van der Waals surface area contributed by atoms with Crippen LogP contribution in [0, 0.1) is 0 Å². The molecule has 0 aliphatic rings. The van der Waals surface area contributed by atoms with Crippen LogP contribution >= 0.6 is 0 Å². The van der Waals surface area contributed by atoms with Crippen LogP contribution in [0.15, 0.2) is 48.5 Å². The standard InChI is InChI=1S/C16H14O3/c1-19-15-10-6-13(7-11-15)3-2-12-4-8-14(9-5-12)16(17)18/h2-11H,1H3,(H,17,18). The minimum Gasteiger partial charge on any atom is -0.497 e. The second kappa shape index (κ2) is 5.87. The molecule has 0 aliphatic carbocycles. The largest absolute Gasteiger partial charge is 0.497 e. The molecule has 0 bridgehead atoms. The third-order valence-corrected chi connectivity index (χ3v) is 2.74. The van der Waals surface area contributed by atoms with Crippen LogP contribution in [0.25, 0.3) is 12.2 Å². The Morgan fingerprint density at radius 3 is 1.84 bits per heavy atom. The summed E-state index contributed by atoms with van der Waals surface area (Å²) in [4.78, 5) is 10.7. The van der Waals surface area contributed by atoms with Crippen molar-refractivity contribution in [3.8, 4) is 5.75 Å². The molecule has 1 N–H and O–H groups in total. The maximum atomic E-state index is 10.7. The molecule has 2 aromatic rings. The summed E-state index contributed by atoms with van der Waals surface area (Å²) < 4.78 is 5.09. The van der Waals surface area contributed by atoms with Crippen LogP contribution < -0.4 is 4.74 Å². The number of rotatable bonds is 4. The highest BCUT2D eigenvalue weighted by atomic mass is 16.5. The van der Waals surface area contributed by atoms with E-state index in [0.717, 1.165) is 16.9 Å². The Morgan fingerprint density at radius 1 is 0.947 bits per heavy atom. The van der Waals surface area contributed by atoms with Gasteiger partial charge in [0, 0.05) is 0 Å². The second-order valence-electron chi connectivity index (χ2n) is 4.03. The summed E-state index contributed by atoms with van der Waals surface area (Å²) in [5.74, 6) is -0.0892. The Labute approximate surface area is 111 Å². The van der Waals surface area contributed by atoms with Gasteiger partial charge < -0.3 is 9.84 Å². The zero-order chi connectivity index (χ0) is 13.7. The van der Waals surface area contributed by atoms with E-state index < -0.39 is 5.97 Å². The predicted molar refractivity (Wildman–Crippen MR) is 75.3 cm³/mol. The predicted octanol–water partition coefficient (Wildman–Crippen LogP) is 3.56. The van der Waals surface area contributed by atoms with Gasteiger partial charge in [-0.15, -0.1) is 0 Å². The molecule has 3 heteroatoms. The van der Waals surface area contributed by atoms with Crippen LogP contribution in [0.1, 0.15) is 21.5 Å². The maximum Gasteiger partial charge on any atom is 0.335 e. The molecule has 0 aliphatic heterocycles. The van der Waals surface area contributed by atoms with Crippen molar-refractivity contribution in [3.63, 3.8) is 0 Å². The molecule has 0 atom stereocenters. The van der Waals surface area contributed by atoms with E-state index >= 15 is 0 Å². The number of carboxylic acid groups (broad SMARTS) is 1. The van der Waals surface area contributed by atoms with Crippen LogP contribution in [-0.4, -0.2) is 18.2 Å². The third-order valence-electron chi connectivity index (χ3n) is 2.74. The first-order chi connectivity index (χ1) is 9.19. The topological polar surface area (TPSA) is 46.5 Å². The van der Waals surface area contributed by atoms with Gasteiger partial charge in [0.2, 0.25) is 0 Å². The second-order valence-corrected chi connectivity index (χ2v) is 4.03. The zero-order valence-corrected chi connectivity index (χ0v) is 10.5. The summed E-state index contributed by atoms with van der Waals surface area (Å²) in [5.41, 5.74) is 2.31. The van der Waals surface area contributed by atoms with Crippen molar-refractivity contribution in [1.29, 1.82) is 0 Å². The van der Waals surface area contributed by atoms with E-state index in [9.17, 15) is 4.79 Å². The van der Waals surface area contributed by atoms with E-state index in [1.807, 2.05) is 36.4 Å². The molecular weight excluding hydrogens is 240 g/mol. The molecule has 0 amide bonds. The Bertz CT molecular complexity index is 580. The van der Waals surface area contributed by atoms with Crippen molar-refractivity contribution in [3.05, 3.63) is 65.2 Å². The lowest BCUT2D eigenvalue weighted by molar-refractivity contribution is 0.0697. The van der Waals surface area contributed by atoms with Crippen LogP contribution in [-0.2, 0) is 0 Å². The quantitative estimate of drug-likeness (QED) is 0.848. The first kappa shape index (κ1) is 12.9. The van der Waals surface area contributed by atoms with Gasteiger partial charge in [0.25, 0.3) is 0 Å². The van der Waals surface area contributed by atoms with Crippen molar-refractivity contribution in [2.24, 2.45) is 0 Å². The van der Waals surface area contributed by atoms with Gasteiger partial charge in [-0.3, -0.25) is 0 Å². The molecule has 0 radical (unpaired) electrons. The lowest BCUT2D eigenvalue weighted by Crippen LogP contribution is -1.94. The summed E-state index contributed by atoms with van der Waals surface area (Å²) in [6.45, 7) is 0. The smallest absolute Gasteiger partial charge is 0.335 e. The highest BCUT2D eigenvalue weighted by molar-refractivity contribution is 5.88. The van der Waals surface area contributed by atoms with Gasteiger partial charge in [-0.25, -0.2) is 4.79 Å². The zero-order valence-electron chi connectivity index (χ0n) is 10.5. The summed E-state index contributed by atoms with van der Waals surface area (Å²) in [6, 6.07) is 14.5. The minimum atomic E-state index is -0.911. The van der Waals surface area contributed by atoms with E-state index in [1.165, 1.54) is 0 Å². The minimum absolute atomic E-state index is 0.293. The Kier molecular flexibility index (Phi) is 3.98. The third kappa shape index (κ3) is 3.45. The van der Waals surface area contributed by atoms with Crippen molar-refractivity contribution in [2.75, 3.05) is 7.11 Å². The molecule has 96 valence electrons. The Balaban J connectivity index is 2.10. The lowest BCUT2D eigenvalue weighted by atomic mass is 10.1. The fourth-order valence-corrected chi connectivity index (χ4v) is 1.64. The van der Waals surface area contributed by atoms with Crippen molar-refractivity contribution in [1.82, 2.24) is 0 Å². The first-order valence-electron chi connectivity index (χ1n) is 5.84. The molecule has 0 heterocycles. The number of aromatic carboxylic acids is 1. The normalized spacial score (nSPS) is 10.6. The molecular formula is C16H14O3. The molecule has 0 unspecified atom stereocenters. The van der Waals surface area contributed by atoms with Crippen molar-refractivity contribution in [2.45, 2.75) is 0 Å². The van der Waals surface area contributed by atoms with Gasteiger partial charge in [0.1, 0.15) is 5.75 Å². The van der Waals surface area contributed by atoms with Gasteiger partial charge in [-0.1, -0.05) is 36.4 Å². The average Bonchev–Trinajstić information content (AvgIpc) is 2.46. The summed E-state index contributed by atoms with van der Waals surface area (Å²) in [7, 11) is 1.63. The van der Waals surface area contributed by atoms with E-state index in [0.29, 0.717) is 5.56 Å². The highest BCUT2D eigenvalue weighted by Gasteiger charge is 1.99. The van der Waals surface area contributed by atoms with Crippen LogP contribution in [0.3, 0.4) is 0 Å². The van der Waals surface area contributed by atoms with E-state index in [1.54, 1.807) is 31.4 Å². The Hall–Kier alpha value is -2.55. The first-order valence-corrected chi connectivity index (χ1v) is 5.84. The van der Waals surface area contributed by atoms with E-state index in [2.05, 4.69) is 0 Å². The molecule has 2 rings (SSSR count). The number of ether oxygens (including phenoxy) is 1.